The number of nitrogens with zero attached hydrogens (tertiary/aromatic N) is 1. The van der Waals surface area contributed by atoms with Crippen molar-refractivity contribution in [1.29, 1.82) is 0 Å². The van der Waals surface area contributed by atoms with Crippen molar-refractivity contribution in [2.24, 2.45) is 0 Å². The summed E-state index contributed by atoms with van der Waals surface area (Å²) in [4.78, 5) is 12.7. The SMILES string of the molecule is COCCn1c(C)cc2cc(NC(=O)c3ccc4c(c3)OCCCO4)ccc21. The molecule has 3 aromatic rings. The summed E-state index contributed by atoms with van der Waals surface area (Å²) >= 11 is 0. The number of anilines is 1. The second-order valence-electron chi connectivity index (χ2n) is 6.87. The average Bonchev–Trinajstić information content (AvgIpc) is 2.85. The van der Waals surface area contributed by atoms with Gasteiger partial charge in [-0.3, -0.25) is 4.79 Å². The van der Waals surface area contributed by atoms with Crippen LogP contribution in [0.4, 0.5) is 5.69 Å². The Labute approximate surface area is 164 Å². The highest BCUT2D eigenvalue weighted by Gasteiger charge is 2.15. The zero-order chi connectivity index (χ0) is 19.5. The summed E-state index contributed by atoms with van der Waals surface area (Å²) in [5.74, 6) is 1.13. The molecule has 1 N–H and O–H groups in total. The van der Waals surface area contributed by atoms with Crippen LogP contribution in [-0.4, -0.2) is 37.4 Å². The van der Waals surface area contributed by atoms with Gasteiger partial charge in [-0.1, -0.05) is 0 Å². The first-order valence-electron chi connectivity index (χ1n) is 9.45. The van der Waals surface area contributed by atoms with Crippen molar-refractivity contribution in [2.75, 3.05) is 32.2 Å². The number of fused-ring (bicyclic) bond motifs is 2. The standard InChI is InChI=1S/C22H24N2O4/c1-15-12-17-13-18(5-6-19(17)24(15)8-11-26-2)23-22(25)16-4-7-20-21(14-16)28-10-3-9-27-20/h4-7,12-14H,3,8-11H2,1-2H3,(H,23,25). The minimum atomic E-state index is -0.175. The molecule has 1 amide bonds. The van der Waals surface area contributed by atoms with Gasteiger partial charge >= 0.3 is 0 Å². The van der Waals surface area contributed by atoms with Gasteiger partial charge in [0.15, 0.2) is 11.5 Å². The topological polar surface area (TPSA) is 61.7 Å². The van der Waals surface area contributed by atoms with E-state index in [1.54, 1.807) is 25.3 Å². The Kier molecular flexibility index (Phi) is 5.21. The molecule has 0 bridgehead atoms. The molecule has 2 heterocycles. The van der Waals surface area contributed by atoms with E-state index in [9.17, 15) is 4.79 Å². The van der Waals surface area contributed by atoms with Gasteiger partial charge in [-0.15, -0.1) is 0 Å². The zero-order valence-corrected chi connectivity index (χ0v) is 16.2. The number of methoxy groups -OCH3 is 1. The molecule has 4 rings (SSSR count). The van der Waals surface area contributed by atoms with Crippen LogP contribution in [0.25, 0.3) is 10.9 Å². The van der Waals surface area contributed by atoms with E-state index in [0.29, 0.717) is 36.9 Å². The Bertz CT molecular complexity index is 1010. The molecule has 0 aliphatic carbocycles. The minimum absolute atomic E-state index is 0.175. The first-order valence-corrected chi connectivity index (χ1v) is 9.45. The zero-order valence-electron chi connectivity index (χ0n) is 16.2. The number of hydrogen-bond acceptors (Lipinski definition) is 4. The molecule has 0 unspecified atom stereocenters. The molecular formula is C22H24N2O4. The second-order valence-corrected chi connectivity index (χ2v) is 6.87. The first kappa shape index (κ1) is 18.4. The van der Waals surface area contributed by atoms with Crippen LogP contribution in [-0.2, 0) is 11.3 Å². The van der Waals surface area contributed by atoms with Crippen molar-refractivity contribution in [3.8, 4) is 11.5 Å². The van der Waals surface area contributed by atoms with E-state index < -0.39 is 0 Å². The highest BCUT2D eigenvalue weighted by molar-refractivity contribution is 6.05. The van der Waals surface area contributed by atoms with Gasteiger partial charge in [-0.25, -0.2) is 0 Å². The van der Waals surface area contributed by atoms with Gasteiger partial charge in [0.05, 0.1) is 19.8 Å². The fourth-order valence-electron chi connectivity index (χ4n) is 3.47. The molecule has 0 saturated carbocycles. The third kappa shape index (κ3) is 3.68. The third-order valence-electron chi connectivity index (χ3n) is 4.90. The predicted octanol–water partition coefficient (Wildman–Crippen LogP) is 4.01. The summed E-state index contributed by atoms with van der Waals surface area (Å²) in [6.07, 6.45) is 0.833. The molecule has 1 aromatic heterocycles. The Hall–Kier alpha value is -2.99. The Morgan fingerprint density at radius 2 is 1.93 bits per heavy atom. The van der Waals surface area contributed by atoms with Gasteiger partial charge in [0.1, 0.15) is 0 Å². The van der Waals surface area contributed by atoms with E-state index in [2.05, 4.69) is 22.9 Å². The quantitative estimate of drug-likeness (QED) is 0.727. The van der Waals surface area contributed by atoms with Gasteiger partial charge in [-0.2, -0.15) is 0 Å². The van der Waals surface area contributed by atoms with Crippen molar-refractivity contribution >= 4 is 22.5 Å². The van der Waals surface area contributed by atoms with Crippen molar-refractivity contribution in [2.45, 2.75) is 19.9 Å². The van der Waals surface area contributed by atoms with E-state index in [1.807, 2.05) is 18.2 Å². The van der Waals surface area contributed by atoms with Crippen LogP contribution in [0.15, 0.2) is 42.5 Å². The molecule has 0 radical (unpaired) electrons. The molecule has 146 valence electrons. The maximum atomic E-state index is 12.7. The van der Waals surface area contributed by atoms with Crippen LogP contribution in [0.3, 0.4) is 0 Å². The van der Waals surface area contributed by atoms with E-state index in [1.165, 1.54) is 5.69 Å². The molecule has 0 spiro atoms. The molecule has 1 aliphatic heterocycles. The summed E-state index contributed by atoms with van der Waals surface area (Å²) < 4.78 is 18.7. The summed E-state index contributed by atoms with van der Waals surface area (Å²) in [7, 11) is 1.70. The van der Waals surface area contributed by atoms with Crippen LogP contribution in [0.1, 0.15) is 22.5 Å². The van der Waals surface area contributed by atoms with Gasteiger partial charge in [0, 0.05) is 47.9 Å². The molecule has 0 saturated heterocycles. The summed E-state index contributed by atoms with van der Waals surface area (Å²) in [5.41, 5.74) is 3.59. The number of ether oxygens (including phenoxy) is 3. The molecular weight excluding hydrogens is 356 g/mol. The van der Waals surface area contributed by atoms with E-state index in [0.717, 1.165) is 29.6 Å². The fraction of sp³-hybridized carbons (Fsp3) is 0.318. The predicted molar refractivity (Wildman–Crippen MR) is 109 cm³/mol. The van der Waals surface area contributed by atoms with E-state index >= 15 is 0 Å². The van der Waals surface area contributed by atoms with Crippen LogP contribution in [0.5, 0.6) is 11.5 Å². The summed E-state index contributed by atoms with van der Waals surface area (Å²) in [5, 5.41) is 4.06. The number of benzene rings is 2. The molecule has 1 aliphatic rings. The van der Waals surface area contributed by atoms with Crippen LogP contribution >= 0.6 is 0 Å². The van der Waals surface area contributed by atoms with Crippen molar-refractivity contribution < 1.29 is 19.0 Å². The Balaban J connectivity index is 1.54. The van der Waals surface area contributed by atoms with Crippen molar-refractivity contribution in [3.63, 3.8) is 0 Å². The van der Waals surface area contributed by atoms with Crippen LogP contribution < -0.4 is 14.8 Å². The normalized spacial score (nSPS) is 13.4. The minimum Gasteiger partial charge on any atom is -0.490 e. The van der Waals surface area contributed by atoms with Gasteiger partial charge in [0.2, 0.25) is 0 Å². The van der Waals surface area contributed by atoms with Gasteiger partial charge < -0.3 is 24.1 Å². The largest absolute Gasteiger partial charge is 0.490 e. The number of hydrogen-bond donors (Lipinski definition) is 1. The lowest BCUT2D eigenvalue weighted by Crippen LogP contribution is -2.12. The maximum absolute atomic E-state index is 12.7. The monoisotopic (exact) mass is 380 g/mol. The number of rotatable bonds is 5. The number of amides is 1. The molecule has 2 aromatic carbocycles. The lowest BCUT2D eigenvalue weighted by Gasteiger charge is -2.10. The van der Waals surface area contributed by atoms with E-state index in [-0.39, 0.29) is 5.91 Å². The van der Waals surface area contributed by atoms with Gasteiger partial charge in [-0.05, 0) is 49.4 Å². The first-order chi connectivity index (χ1) is 13.7. The van der Waals surface area contributed by atoms with Crippen molar-refractivity contribution in [3.05, 3.63) is 53.7 Å². The molecule has 28 heavy (non-hydrogen) atoms. The third-order valence-corrected chi connectivity index (χ3v) is 4.90. The van der Waals surface area contributed by atoms with Gasteiger partial charge in [0.25, 0.3) is 5.91 Å². The highest BCUT2D eigenvalue weighted by atomic mass is 16.5. The number of carbonyl (C=O) groups is 1. The average molecular weight is 380 g/mol. The summed E-state index contributed by atoms with van der Waals surface area (Å²) in [6.45, 7) is 4.75. The molecule has 0 atom stereocenters. The highest BCUT2D eigenvalue weighted by Crippen LogP contribution is 2.31. The molecule has 0 fully saturated rings. The number of nitrogens with one attached hydrogen (secondary N) is 1. The van der Waals surface area contributed by atoms with E-state index in [4.69, 9.17) is 14.2 Å². The maximum Gasteiger partial charge on any atom is 0.255 e. The molecule has 6 heteroatoms. The summed E-state index contributed by atoms with van der Waals surface area (Å²) in [6, 6.07) is 13.3. The number of aromatic nitrogens is 1. The van der Waals surface area contributed by atoms with Crippen molar-refractivity contribution in [1.82, 2.24) is 4.57 Å². The fourth-order valence-corrected chi connectivity index (χ4v) is 3.47. The lowest BCUT2D eigenvalue weighted by molar-refractivity contribution is 0.102. The number of carbonyl (C=O) groups excluding carboxylic acids is 1. The van der Waals surface area contributed by atoms with Crippen LogP contribution in [0.2, 0.25) is 0 Å². The number of aryl methyl sites for hydroxylation is 1. The smallest absolute Gasteiger partial charge is 0.255 e. The Morgan fingerprint density at radius 3 is 2.75 bits per heavy atom. The second kappa shape index (κ2) is 7.94. The Morgan fingerprint density at radius 1 is 1.11 bits per heavy atom. The van der Waals surface area contributed by atoms with Crippen LogP contribution in [0, 0.1) is 6.92 Å². The molecule has 6 nitrogen and oxygen atoms in total. The lowest BCUT2D eigenvalue weighted by atomic mass is 10.1.